The first-order chi connectivity index (χ1) is 10.1. The largest absolute Gasteiger partial charge is 0.374 e. The van der Waals surface area contributed by atoms with E-state index >= 15 is 0 Å². The molecule has 3 aliphatic heterocycles. The summed E-state index contributed by atoms with van der Waals surface area (Å²) in [7, 11) is 0. The molecule has 3 fully saturated rings. The molecule has 1 spiro atoms. The molecule has 3 rings (SSSR count). The van der Waals surface area contributed by atoms with Gasteiger partial charge >= 0.3 is 0 Å². The Kier molecular flexibility index (Phi) is 4.62. The second kappa shape index (κ2) is 6.31. The van der Waals surface area contributed by atoms with Crippen LogP contribution in [0.25, 0.3) is 0 Å². The van der Waals surface area contributed by atoms with Crippen molar-refractivity contribution in [1.82, 2.24) is 5.32 Å². The van der Waals surface area contributed by atoms with Crippen molar-refractivity contribution in [2.45, 2.75) is 50.4 Å². The SMILES string of the molecule is C=C(C)[C@H]1OCC[C@H]1C(=O)N[C@H]1CCO[C@@]2(CCSC2)C1. The van der Waals surface area contributed by atoms with Crippen molar-refractivity contribution in [3.05, 3.63) is 12.2 Å². The van der Waals surface area contributed by atoms with E-state index in [1.165, 1.54) is 5.75 Å². The Balaban J connectivity index is 1.58. The van der Waals surface area contributed by atoms with Crippen LogP contribution in [0.1, 0.15) is 32.6 Å². The zero-order valence-corrected chi connectivity index (χ0v) is 13.5. The molecule has 0 aromatic heterocycles. The zero-order valence-electron chi connectivity index (χ0n) is 12.7. The molecule has 0 bridgehead atoms. The van der Waals surface area contributed by atoms with Gasteiger partial charge in [0.15, 0.2) is 0 Å². The normalized spacial score (nSPS) is 39.6. The number of rotatable bonds is 3. The first-order valence-corrected chi connectivity index (χ1v) is 9.04. The summed E-state index contributed by atoms with van der Waals surface area (Å²) in [6.07, 6.45) is 3.68. The minimum Gasteiger partial charge on any atom is -0.374 e. The van der Waals surface area contributed by atoms with Crippen molar-refractivity contribution >= 4 is 17.7 Å². The Morgan fingerprint density at radius 3 is 2.95 bits per heavy atom. The van der Waals surface area contributed by atoms with Crippen LogP contribution in [0.2, 0.25) is 0 Å². The summed E-state index contributed by atoms with van der Waals surface area (Å²) in [5.41, 5.74) is 0.962. The molecule has 4 atom stereocenters. The van der Waals surface area contributed by atoms with Crippen molar-refractivity contribution in [3.8, 4) is 0 Å². The molecule has 0 radical (unpaired) electrons. The van der Waals surface area contributed by atoms with Crippen LogP contribution < -0.4 is 5.32 Å². The monoisotopic (exact) mass is 311 g/mol. The summed E-state index contributed by atoms with van der Waals surface area (Å²) in [6, 6.07) is 0.247. The lowest BCUT2D eigenvalue weighted by atomic mass is 9.89. The molecule has 0 aromatic carbocycles. The Labute approximate surface area is 131 Å². The molecule has 5 heteroatoms. The van der Waals surface area contributed by atoms with E-state index < -0.39 is 0 Å². The van der Waals surface area contributed by atoms with Gasteiger partial charge in [-0.3, -0.25) is 4.79 Å². The standard InChI is InChI=1S/C16H25NO3S/c1-11(2)14-13(4-6-19-14)15(18)17-12-3-7-20-16(9-12)5-8-21-10-16/h12-14H,1,3-10H2,2H3,(H,17,18)/t12-,13+,14+,16-/m0/s1. The van der Waals surface area contributed by atoms with Gasteiger partial charge in [-0.2, -0.15) is 11.8 Å². The molecule has 1 amide bonds. The molecule has 3 heterocycles. The minimum absolute atomic E-state index is 0.0147. The van der Waals surface area contributed by atoms with Crippen molar-refractivity contribution in [2.24, 2.45) is 5.92 Å². The molecule has 1 N–H and O–H groups in total. The number of thioether (sulfide) groups is 1. The lowest BCUT2D eigenvalue weighted by Crippen LogP contribution is -2.50. The number of ether oxygens (including phenoxy) is 2. The van der Waals surface area contributed by atoms with Crippen molar-refractivity contribution < 1.29 is 14.3 Å². The number of hydrogen-bond donors (Lipinski definition) is 1. The Hall–Kier alpha value is -0.520. The number of carbonyl (C=O) groups is 1. The molecular formula is C16H25NO3S. The van der Waals surface area contributed by atoms with Crippen LogP contribution in [-0.4, -0.2) is 48.4 Å². The molecule has 118 valence electrons. The van der Waals surface area contributed by atoms with Gasteiger partial charge in [0, 0.05) is 25.0 Å². The van der Waals surface area contributed by atoms with Crippen molar-refractivity contribution in [1.29, 1.82) is 0 Å². The molecule has 0 saturated carbocycles. The summed E-state index contributed by atoms with van der Waals surface area (Å²) >= 11 is 1.96. The maximum absolute atomic E-state index is 12.6. The highest BCUT2D eigenvalue weighted by Crippen LogP contribution is 2.38. The van der Waals surface area contributed by atoms with E-state index in [0.29, 0.717) is 6.61 Å². The fraction of sp³-hybridized carbons (Fsp3) is 0.812. The predicted molar refractivity (Wildman–Crippen MR) is 84.5 cm³/mol. The van der Waals surface area contributed by atoms with Gasteiger partial charge in [-0.25, -0.2) is 0 Å². The lowest BCUT2D eigenvalue weighted by Gasteiger charge is -2.38. The van der Waals surface area contributed by atoms with Crippen LogP contribution in [0.4, 0.5) is 0 Å². The van der Waals surface area contributed by atoms with Crippen molar-refractivity contribution in [3.63, 3.8) is 0 Å². The second-order valence-corrected chi connectivity index (χ2v) is 7.67. The lowest BCUT2D eigenvalue weighted by molar-refractivity contribution is -0.129. The predicted octanol–water partition coefficient (Wildman–Crippen LogP) is 2.14. The van der Waals surface area contributed by atoms with Crippen LogP contribution in [0.15, 0.2) is 12.2 Å². The first-order valence-electron chi connectivity index (χ1n) is 7.89. The first kappa shape index (κ1) is 15.4. The third-order valence-electron chi connectivity index (χ3n) is 4.82. The topological polar surface area (TPSA) is 47.6 Å². The van der Waals surface area contributed by atoms with E-state index in [0.717, 1.165) is 43.6 Å². The van der Waals surface area contributed by atoms with Gasteiger partial charge in [0.1, 0.15) is 0 Å². The summed E-state index contributed by atoms with van der Waals surface area (Å²) in [6.45, 7) is 7.30. The molecule has 3 aliphatic rings. The second-order valence-electron chi connectivity index (χ2n) is 6.57. The summed E-state index contributed by atoms with van der Waals surface area (Å²) in [5.74, 6) is 2.31. The maximum atomic E-state index is 12.6. The molecule has 4 nitrogen and oxygen atoms in total. The van der Waals surface area contributed by atoms with Crippen LogP contribution in [0, 0.1) is 5.92 Å². The van der Waals surface area contributed by atoms with Gasteiger partial charge in [0.05, 0.1) is 17.6 Å². The highest BCUT2D eigenvalue weighted by Gasteiger charge is 2.42. The van der Waals surface area contributed by atoms with E-state index in [1.54, 1.807) is 0 Å². The molecule has 21 heavy (non-hydrogen) atoms. The minimum atomic E-state index is -0.110. The Morgan fingerprint density at radius 2 is 2.24 bits per heavy atom. The van der Waals surface area contributed by atoms with Gasteiger partial charge in [-0.15, -0.1) is 0 Å². The maximum Gasteiger partial charge on any atom is 0.226 e. The average Bonchev–Trinajstić information content (AvgIpc) is 3.08. The third-order valence-corrected chi connectivity index (χ3v) is 6.04. The van der Waals surface area contributed by atoms with Gasteiger partial charge in [0.2, 0.25) is 5.91 Å². The van der Waals surface area contributed by atoms with E-state index in [1.807, 2.05) is 18.7 Å². The Morgan fingerprint density at radius 1 is 1.38 bits per heavy atom. The summed E-state index contributed by atoms with van der Waals surface area (Å²) in [5, 5.41) is 3.25. The zero-order chi connectivity index (χ0) is 14.9. The number of amides is 1. The summed E-state index contributed by atoms with van der Waals surface area (Å²) < 4.78 is 11.7. The highest BCUT2D eigenvalue weighted by atomic mass is 32.2. The van der Waals surface area contributed by atoms with E-state index in [9.17, 15) is 4.79 Å². The van der Waals surface area contributed by atoms with Gasteiger partial charge in [-0.05, 0) is 38.4 Å². The third kappa shape index (κ3) is 3.30. The van der Waals surface area contributed by atoms with Crippen molar-refractivity contribution in [2.75, 3.05) is 24.7 Å². The van der Waals surface area contributed by atoms with E-state index in [-0.39, 0.29) is 29.6 Å². The molecule has 0 aromatic rings. The van der Waals surface area contributed by atoms with Crippen LogP contribution in [-0.2, 0) is 14.3 Å². The molecule has 3 saturated heterocycles. The van der Waals surface area contributed by atoms with Crippen LogP contribution >= 0.6 is 11.8 Å². The fourth-order valence-electron chi connectivity index (χ4n) is 3.67. The number of nitrogens with one attached hydrogen (secondary N) is 1. The molecular weight excluding hydrogens is 286 g/mol. The van der Waals surface area contributed by atoms with Crippen LogP contribution in [0.3, 0.4) is 0 Å². The quantitative estimate of drug-likeness (QED) is 0.811. The Bertz CT molecular complexity index is 420. The smallest absolute Gasteiger partial charge is 0.226 e. The molecule has 0 aliphatic carbocycles. The van der Waals surface area contributed by atoms with Gasteiger partial charge in [0.25, 0.3) is 0 Å². The van der Waals surface area contributed by atoms with Crippen LogP contribution in [0.5, 0.6) is 0 Å². The number of carbonyl (C=O) groups excluding carboxylic acids is 1. The molecule has 0 unspecified atom stereocenters. The van der Waals surface area contributed by atoms with E-state index in [2.05, 4.69) is 11.9 Å². The van der Waals surface area contributed by atoms with E-state index in [4.69, 9.17) is 9.47 Å². The summed E-state index contributed by atoms with van der Waals surface area (Å²) in [4.78, 5) is 12.6. The van der Waals surface area contributed by atoms with Gasteiger partial charge < -0.3 is 14.8 Å². The van der Waals surface area contributed by atoms with Gasteiger partial charge in [-0.1, -0.05) is 12.2 Å². The fourth-order valence-corrected chi connectivity index (χ4v) is 5.04. The average molecular weight is 311 g/mol. The highest BCUT2D eigenvalue weighted by molar-refractivity contribution is 7.99. The number of hydrogen-bond acceptors (Lipinski definition) is 4.